The number of hydrogen-bond donors (Lipinski definition) is 3. The summed E-state index contributed by atoms with van der Waals surface area (Å²) in [5.41, 5.74) is 13.5. The van der Waals surface area contributed by atoms with Crippen LogP contribution in [0.5, 0.6) is 5.75 Å². The summed E-state index contributed by atoms with van der Waals surface area (Å²) in [5.74, 6) is 0.606. The van der Waals surface area contributed by atoms with Crippen LogP contribution in [0.2, 0.25) is 0 Å². The second-order valence-electron chi connectivity index (χ2n) is 8.89. The molecule has 0 radical (unpaired) electrons. The quantitative estimate of drug-likeness (QED) is 0.478. The summed E-state index contributed by atoms with van der Waals surface area (Å²) in [7, 11) is 1.55. The van der Waals surface area contributed by atoms with Gasteiger partial charge in [0.05, 0.1) is 35.9 Å². The van der Waals surface area contributed by atoms with E-state index in [4.69, 9.17) is 20.6 Å². The molecule has 0 bridgehead atoms. The summed E-state index contributed by atoms with van der Waals surface area (Å²) in [6.07, 6.45) is 5.72. The molecule has 0 spiro atoms. The van der Waals surface area contributed by atoms with E-state index >= 15 is 0 Å². The second kappa shape index (κ2) is 7.80. The Morgan fingerprint density at radius 1 is 1.36 bits per heavy atom. The zero-order chi connectivity index (χ0) is 23.4. The van der Waals surface area contributed by atoms with Gasteiger partial charge in [0.1, 0.15) is 11.3 Å². The van der Waals surface area contributed by atoms with Gasteiger partial charge in [-0.05, 0) is 32.3 Å². The Bertz CT molecular complexity index is 1310. The number of anilines is 2. The van der Waals surface area contributed by atoms with E-state index in [1.54, 1.807) is 19.4 Å². The Morgan fingerprint density at radius 2 is 2.12 bits per heavy atom. The lowest BCUT2D eigenvalue weighted by molar-refractivity contribution is 0.0695. The number of carbonyl (C=O) groups is 1. The number of carboxylic acids is 1. The molecule has 10 heteroatoms. The predicted octanol–water partition coefficient (Wildman–Crippen LogP) is 2.45. The molecule has 33 heavy (non-hydrogen) atoms. The van der Waals surface area contributed by atoms with Gasteiger partial charge in [0.2, 0.25) is 11.3 Å². The smallest absolute Gasteiger partial charge is 0.341 e. The van der Waals surface area contributed by atoms with Crippen LogP contribution in [0.15, 0.2) is 27.7 Å². The van der Waals surface area contributed by atoms with Crippen LogP contribution in [-0.2, 0) is 0 Å². The SMILES string of the molecule is COc1c(N2CCC(C(N)c3ncc(C)o3)C2)cc(N)c2c(=O)c(C(=O)O)cn(C3CC3)c12. The number of methoxy groups -OCH3 is 1. The fourth-order valence-electron chi connectivity index (χ4n) is 4.79. The van der Waals surface area contributed by atoms with Crippen molar-refractivity contribution in [2.24, 2.45) is 11.7 Å². The summed E-state index contributed by atoms with van der Waals surface area (Å²) in [6.45, 7) is 3.20. The number of aryl methyl sites for hydroxylation is 1. The molecule has 0 amide bonds. The van der Waals surface area contributed by atoms with Gasteiger partial charge in [-0.1, -0.05) is 0 Å². The molecule has 2 unspecified atom stereocenters. The van der Waals surface area contributed by atoms with Crippen LogP contribution in [0, 0.1) is 12.8 Å². The molecule has 1 aromatic carbocycles. The molecule has 10 nitrogen and oxygen atoms in total. The Hall–Kier alpha value is -3.53. The van der Waals surface area contributed by atoms with E-state index < -0.39 is 11.4 Å². The number of benzene rings is 1. The molecule has 2 aromatic heterocycles. The summed E-state index contributed by atoms with van der Waals surface area (Å²) in [5, 5.41) is 9.74. The van der Waals surface area contributed by atoms with Crippen molar-refractivity contribution in [2.45, 2.75) is 38.3 Å². The standard InChI is InChI=1S/C23H27N5O5/c1-11-8-26-22(33-11)18(25)12-5-6-27(9-12)16-7-15(24)17-19(21(16)32-2)28(13-3-4-13)10-14(20(17)29)23(30)31/h7-8,10,12-13,18H,3-6,9,24-25H2,1-2H3,(H,30,31). The zero-order valence-corrected chi connectivity index (χ0v) is 18.6. The molecule has 174 valence electrons. The third-order valence-electron chi connectivity index (χ3n) is 6.64. The van der Waals surface area contributed by atoms with E-state index in [9.17, 15) is 14.7 Å². The maximum absolute atomic E-state index is 13.0. The Balaban J connectivity index is 1.60. The van der Waals surface area contributed by atoms with Crippen molar-refractivity contribution in [1.29, 1.82) is 0 Å². The van der Waals surface area contributed by atoms with Gasteiger partial charge in [0.25, 0.3) is 0 Å². The molecule has 2 atom stereocenters. The molecular formula is C23H27N5O5. The third-order valence-corrected chi connectivity index (χ3v) is 6.64. The first-order valence-corrected chi connectivity index (χ1v) is 11.0. The average Bonchev–Trinajstić information content (AvgIpc) is 3.34. The fraction of sp³-hybridized carbons (Fsp3) is 0.435. The van der Waals surface area contributed by atoms with Crippen molar-refractivity contribution < 1.29 is 19.1 Å². The van der Waals surface area contributed by atoms with E-state index in [2.05, 4.69) is 9.88 Å². The van der Waals surface area contributed by atoms with Crippen LogP contribution in [-0.4, -0.2) is 40.8 Å². The first-order valence-electron chi connectivity index (χ1n) is 11.0. The number of carboxylic acid groups (broad SMARTS) is 1. The fourth-order valence-corrected chi connectivity index (χ4v) is 4.79. The van der Waals surface area contributed by atoms with E-state index in [-0.39, 0.29) is 34.6 Å². The number of hydrogen-bond acceptors (Lipinski definition) is 8. The van der Waals surface area contributed by atoms with Crippen molar-refractivity contribution in [2.75, 3.05) is 30.8 Å². The maximum atomic E-state index is 13.0. The molecule has 1 aliphatic carbocycles. The highest BCUT2D eigenvalue weighted by molar-refractivity contribution is 6.03. The summed E-state index contributed by atoms with van der Waals surface area (Å²) < 4.78 is 13.3. The lowest BCUT2D eigenvalue weighted by atomic mass is 10.00. The topological polar surface area (TPSA) is 150 Å². The van der Waals surface area contributed by atoms with Gasteiger partial charge in [0, 0.05) is 36.9 Å². The van der Waals surface area contributed by atoms with Crippen LogP contribution in [0.3, 0.4) is 0 Å². The number of nitrogens with zero attached hydrogens (tertiary/aromatic N) is 3. The van der Waals surface area contributed by atoms with Crippen LogP contribution in [0.1, 0.15) is 53.4 Å². The van der Waals surface area contributed by atoms with Crippen molar-refractivity contribution >= 4 is 28.2 Å². The molecule has 2 aliphatic rings. The van der Waals surface area contributed by atoms with E-state index in [0.717, 1.165) is 37.3 Å². The van der Waals surface area contributed by atoms with Crippen LogP contribution < -0.4 is 26.5 Å². The van der Waals surface area contributed by atoms with Gasteiger partial charge in [-0.25, -0.2) is 9.78 Å². The van der Waals surface area contributed by atoms with Crippen molar-refractivity contribution in [3.8, 4) is 5.75 Å². The maximum Gasteiger partial charge on any atom is 0.341 e. The minimum Gasteiger partial charge on any atom is -0.492 e. The zero-order valence-electron chi connectivity index (χ0n) is 18.6. The number of rotatable bonds is 6. The number of aromatic nitrogens is 2. The van der Waals surface area contributed by atoms with Crippen LogP contribution in [0.4, 0.5) is 11.4 Å². The van der Waals surface area contributed by atoms with E-state index in [0.29, 0.717) is 23.7 Å². The molecule has 5 N–H and O–H groups in total. The van der Waals surface area contributed by atoms with Crippen LogP contribution >= 0.6 is 0 Å². The Kier molecular flexibility index (Phi) is 5.04. The number of pyridine rings is 1. The van der Waals surface area contributed by atoms with Gasteiger partial charge >= 0.3 is 5.97 Å². The number of oxazole rings is 1. The second-order valence-corrected chi connectivity index (χ2v) is 8.89. The highest BCUT2D eigenvalue weighted by Crippen LogP contribution is 2.45. The number of aromatic carboxylic acids is 1. The molecule has 3 aromatic rings. The largest absolute Gasteiger partial charge is 0.492 e. The monoisotopic (exact) mass is 453 g/mol. The molecular weight excluding hydrogens is 426 g/mol. The van der Waals surface area contributed by atoms with Crippen LogP contribution in [0.25, 0.3) is 10.9 Å². The normalized spacial score (nSPS) is 19.2. The van der Waals surface area contributed by atoms with Gasteiger partial charge < -0.3 is 35.2 Å². The molecule has 2 fully saturated rings. The number of ether oxygens (including phenoxy) is 1. The van der Waals surface area contributed by atoms with Crippen molar-refractivity contribution in [3.05, 3.63) is 45.9 Å². The molecule has 1 aliphatic heterocycles. The average molecular weight is 453 g/mol. The van der Waals surface area contributed by atoms with Gasteiger partial charge in [0.15, 0.2) is 5.75 Å². The minimum absolute atomic E-state index is 0.114. The van der Waals surface area contributed by atoms with Gasteiger partial charge in [-0.2, -0.15) is 0 Å². The lowest BCUT2D eigenvalue weighted by Crippen LogP contribution is -2.27. The number of nitrogen functional groups attached to an aromatic ring is 1. The molecule has 3 heterocycles. The van der Waals surface area contributed by atoms with Crippen molar-refractivity contribution in [3.63, 3.8) is 0 Å². The highest BCUT2D eigenvalue weighted by Gasteiger charge is 2.35. The third kappa shape index (κ3) is 3.50. The first kappa shape index (κ1) is 21.3. The van der Waals surface area contributed by atoms with Gasteiger partial charge in [-0.15, -0.1) is 0 Å². The first-order chi connectivity index (χ1) is 15.8. The van der Waals surface area contributed by atoms with E-state index in [1.165, 1.54) is 6.20 Å². The molecule has 1 saturated carbocycles. The Morgan fingerprint density at radius 3 is 2.73 bits per heavy atom. The highest BCUT2D eigenvalue weighted by atomic mass is 16.5. The summed E-state index contributed by atoms with van der Waals surface area (Å²) >= 11 is 0. The Labute approximate surface area is 189 Å². The summed E-state index contributed by atoms with van der Waals surface area (Å²) in [4.78, 5) is 31.1. The predicted molar refractivity (Wildman–Crippen MR) is 123 cm³/mol. The lowest BCUT2D eigenvalue weighted by Gasteiger charge is -2.25. The van der Waals surface area contributed by atoms with E-state index in [1.807, 2.05) is 11.5 Å². The number of fused-ring (bicyclic) bond motifs is 1. The molecule has 1 saturated heterocycles. The molecule has 5 rings (SSSR count). The minimum atomic E-state index is -1.27. The number of nitrogens with two attached hydrogens (primary N) is 2. The van der Waals surface area contributed by atoms with Gasteiger partial charge in [-0.3, -0.25) is 4.79 Å². The van der Waals surface area contributed by atoms with Crippen molar-refractivity contribution in [1.82, 2.24) is 9.55 Å². The summed E-state index contributed by atoms with van der Waals surface area (Å²) in [6, 6.07) is 1.48.